The zero-order chi connectivity index (χ0) is 19.2. The van der Waals surface area contributed by atoms with Crippen LogP contribution in [0, 0.1) is 10.1 Å². The van der Waals surface area contributed by atoms with Gasteiger partial charge in [-0.25, -0.2) is 0 Å². The first-order valence-electron chi connectivity index (χ1n) is 8.30. The number of amides is 1. The van der Waals surface area contributed by atoms with Gasteiger partial charge in [0.25, 0.3) is 11.6 Å². The predicted octanol–water partition coefficient (Wildman–Crippen LogP) is 3.88. The third kappa shape index (κ3) is 4.27. The fraction of sp³-hybridized carbons (Fsp3) is 0.100. The summed E-state index contributed by atoms with van der Waals surface area (Å²) in [5, 5.41) is 14.1. The van der Waals surface area contributed by atoms with Gasteiger partial charge in [-0.3, -0.25) is 19.9 Å². The molecule has 0 bridgehead atoms. The molecule has 0 fully saturated rings. The van der Waals surface area contributed by atoms with E-state index in [0.29, 0.717) is 17.8 Å². The predicted molar refractivity (Wildman–Crippen MR) is 104 cm³/mol. The molecule has 1 aromatic heterocycles. The Bertz CT molecular complexity index is 943. The SMILES string of the molecule is CN(C(=O)c1ccncc1)c1ccc(CNc2ccccc2[N+](=O)[O-])cc1. The van der Waals surface area contributed by atoms with Crippen molar-refractivity contribution < 1.29 is 9.72 Å². The third-order valence-corrected chi connectivity index (χ3v) is 4.14. The molecule has 1 N–H and O–H groups in total. The van der Waals surface area contributed by atoms with Gasteiger partial charge in [0.2, 0.25) is 0 Å². The van der Waals surface area contributed by atoms with Gasteiger partial charge in [0.05, 0.1) is 4.92 Å². The van der Waals surface area contributed by atoms with Crippen LogP contribution in [-0.4, -0.2) is 22.9 Å². The number of benzene rings is 2. The third-order valence-electron chi connectivity index (χ3n) is 4.14. The molecule has 27 heavy (non-hydrogen) atoms. The lowest BCUT2D eigenvalue weighted by Crippen LogP contribution is -2.26. The van der Waals surface area contributed by atoms with Gasteiger partial charge in [-0.15, -0.1) is 0 Å². The molecule has 3 rings (SSSR count). The molecule has 7 nitrogen and oxygen atoms in total. The zero-order valence-corrected chi connectivity index (χ0v) is 14.7. The zero-order valence-electron chi connectivity index (χ0n) is 14.7. The summed E-state index contributed by atoms with van der Waals surface area (Å²) < 4.78 is 0. The normalized spacial score (nSPS) is 10.3. The molecule has 0 aliphatic rings. The minimum atomic E-state index is -0.412. The van der Waals surface area contributed by atoms with Crippen molar-refractivity contribution in [3.63, 3.8) is 0 Å². The van der Waals surface area contributed by atoms with Crippen LogP contribution in [-0.2, 0) is 6.54 Å². The summed E-state index contributed by atoms with van der Waals surface area (Å²) in [4.78, 5) is 28.6. The van der Waals surface area contributed by atoms with E-state index >= 15 is 0 Å². The first-order chi connectivity index (χ1) is 13.1. The molecule has 0 saturated heterocycles. The van der Waals surface area contributed by atoms with Crippen molar-refractivity contribution >= 4 is 23.0 Å². The molecule has 0 radical (unpaired) electrons. The van der Waals surface area contributed by atoms with Gasteiger partial charge in [0, 0.05) is 43.3 Å². The Morgan fingerprint density at radius 3 is 2.41 bits per heavy atom. The molecule has 0 saturated carbocycles. The number of rotatable bonds is 6. The summed E-state index contributed by atoms with van der Waals surface area (Å²) in [7, 11) is 1.71. The van der Waals surface area contributed by atoms with Crippen LogP contribution in [0.15, 0.2) is 73.1 Å². The van der Waals surface area contributed by atoms with Crippen LogP contribution < -0.4 is 10.2 Å². The lowest BCUT2D eigenvalue weighted by atomic mass is 10.1. The fourth-order valence-electron chi connectivity index (χ4n) is 2.62. The van der Waals surface area contributed by atoms with Crippen LogP contribution in [0.2, 0.25) is 0 Å². The van der Waals surface area contributed by atoms with Gasteiger partial charge in [-0.2, -0.15) is 0 Å². The van der Waals surface area contributed by atoms with Crippen molar-refractivity contribution in [2.45, 2.75) is 6.54 Å². The quantitative estimate of drug-likeness (QED) is 0.531. The summed E-state index contributed by atoms with van der Waals surface area (Å²) in [6.07, 6.45) is 3.16. The standard InChI is InChI=1S/C20H18N4O3/c1-23(20(25)16-10-12-21-13-11-16)17-8-6-15(7-9-17)14-22-18-4-2-3-5-19(18)24(26)27/h2-13,22H,14H2,1H3. The monoisotopic (exact) mass is 362 g/mol. The summed E-state index contributed by atoms with van der Waals surface area (Å²) in [6.45, 7) is 0.438. The molecule has 0 unspecified atom stereocenters. The van der Waals surface area contributed by atoms with Crippen molar-refractivity contribution in [1.82, 2.24) is 4.98 Å². The molecule has 0 aliphatic heterocycles. The molecule has 2 aromatic carbocycles. The maximum Gasteiger partial charge on any atom is 0.292 e. The average molecular weight is 362 g/mol. The van der Waals surface area contributed by atoms with Gasteiger partial charge < -0.3 is 10.2 Å². The van der Waals surface area contributed by atoms with E-state index in [1.54, 1.807) is 54.7 Å². The average Bonchev–Trinajstić information content (AvgIpc) is 2.72. The van der Waals surface area contributed by atoms with Crippen LogP contribution >= 0.6 is 0 Å². The first-order valence-corrected chi connectivity index (χ1v) is 8.30. The maximum atomic E-state index is 12.5. The highest BCUT2D eigenvalue weighted by atomic mass is 16.6. The Kier molecular flexibility index (Phi) is 5.41. The van der Waals surface area contributed by atoms with Crippen molar-refractivity contribution in [3.8, 4) is 0 Å². The van der Waals surface area contributed by atoms with E-state index in [0.717, 1.165) is 11.3 Å². The van der Waals surface area contributed by atoms with Crippen LogP contribution in [0.4, 0.5) is 17.1 Å². The van der Waals surface area contributed by atoms with E-state index in [1.165, 1.54) is 6.07 Å². The van der Waals surface area contributed by atoms with Crippen molar-refractivity contribution in [1.29, 1.82) is 0 Å². The van der Waals surface area contributed by atoms with E-state index in [4.69, 9.17) is 0 Å². The fourth-order valence-corrected chi connectivity index (χ4v) is 2.62. The number of nitro benzene ring substituents is 1. The summed E-state index contributed by atoms with van der Waals surface area (Å²) in [5.74, 6) is -0.122. The van der Waals surface area contributed by atoms with E-state index < -0.39 is 4.92 Å². The molecule has 0 spiro atoms. The number of nitrogens with one attached hydrogen (secondary N) is 1. The minimum absolute atomic E-state index is 0.0387. The van der Waals surface area contributed by atoms with E-state index in [9.17, 15) is 14.9 Å². The van der Waals surface area contributed by atoms with Crippen molar-refractivity contribution in [3.05, 3.63) is 94.3 Å². The van der Waals surface area contributed by atoms with Gasteiger partial charge in [-0.1, -0.05) is 24.3 Å². The Morgan fingerprint density at radius 1 is 1.07 bits per heavy atom. The number of hydrogen-bond acceptors (Lipinski definition) is 5. The lowest BCUT2D eigenvalue weighted by molar-refractivity contribution is -0.384. The van der Waals surface area contributed by atoms with Crippen LogP contribution in [0.5, 0.6) is 0 Å². The molecule has 0 atom stereocenters. The van der Waals surface area contributed by atoms with E-state index in [1.807, 2.05) is 24.3 Å². The lowest BCUT2D eigenvalue weighted by Gasteiger charge is -2.18. The molecule has 1 amide bonds. The molecule has 136 valence electrons. The summed E-state index contributed by atoms with van der Waals surface area (Å²) >= 11 is 0. The Morgan fingerprint density at radius 2 is 1.74 bits per heavy atom. The van der Waals surface area contributed by atoms with Gasteiger partial charge in [0.15, 0.2) is 0 Å². The Balaban J connectivity index is 1.67. The van der Waals surface area contributed by atoms with Gasteiger partial charge >= 0.3 is 0 Å². The van der Waals surface area contributed by atoms with E-state index in [2.05, 4.69) is 10.3 Å². The smallest absolute Gasteiger partial charge is 0.292 e. The number of aromatic nitrogens is 1. The van der Waals surface area contributed by atoms with Crippen LogP contribution in [0.3, 0.4) is 0 Å². The molecule has 1 heterocycles. The van der Waals surface area contributed by atoms with Crippen molar-refractivity contribution in [2.75, 3.05) is 17.3 Å². The number of hydrogen-bond donors (Lipinski definition) is 1. The number of carbonyl (C=O) groups is 1. The van der Waals surface area contributed by atoms with Gasteiger partial charge in [0.1, 0.15) is 5.69 Å². The molecule has 3 aromatic rings. The summed E-state index contributed by atoms with van der Waals surface area (Å²) in [6, 6.07) is 17.3. The summed E-state index contributed by atoms with van der Waals surface area (Å²) in [5.41, 5.74) is 2.77. The molecular formula is C20H18N4O3. The number of carbonyl (C=O) groups excluding carboxylic acids is 1. The second-order valence-electron chi connectivity index (χ2n) is 5.89. The number of anilines is 2. The Labute approximate surface area is 156 Å². The topological polar surface area (TPSA) is 88.4 Å². The highest BCUT2D eigenvalue weighted by Gasteiger charge is 2.14. The van der Waals surface area contributed by atoms with Crippen molar-refractivity contribution in [2.24, 2.45) is 0 Å². The molecule has 0 aliphatic carbocycles. The highest BCUT2D eigenvalue weighted by Crippen LogP contribution is 2.24. The maximum absolute atomic E-state index is 12.5. The number of para-hydroxylation sites is 2. The number of nitro groups is 1. The van der Waals surface area contributed by atoms with Crippen LogP contribution in [0.25, 0.3) is 0 Å². The second kappa shape index (κ2) is 8.09. The van der Waals surface area contributed by atoms with Crippen LogP contribution in [0.1, 0.15) is 15.9 Å². The van der Waals surface area contributed by atoms with Gasteiger partial charge in [-0.05, 0) is 35.9 Å². The molecule has 7 heteroatoms. The first kappa shape index (κ1) is 18.1. The highest BCUT2D eigenvalue weighted by molar-refractivity contribution is 6.05. The second-order valence-corrected chi connectivity index (χ2v) is 5.89. The molecular weight excluding hydrogens is 344 g/mol. The minimum Gasteiger partial charge on any atom is -0.375 e. The number of nitrogens with zero attached hydrogens (tertiary/aromatic N) is 3. The largest absolute Gasteiger partial charge is 0.375 e. The van der Waals surface area contributed by atoms with E-state index in [-0.39, 0.29) is 11.6 Å². The number of pyridine rings is 1. The Hall–Kier alpha value is -3.74.